The van der Waals surface area contributed by atoms with Crippen LogP contribution in [-0.4, -0.2) is 98.4 Å². The number of sulfonamides is 1. The van der Waals surface area contributed by atoms with Crippen molar-refractivity contribution >= 4 is 33.7 Å². The second-order valence-electron chi connectivity index (χ2n) is 10.5. The first-order chi connectivity index (χ1) is 20.0. The number of carboxylic acid groups (broad SMARTS) is 1. The van der Waals surface area contributed by atoms with Gasteiger partial charge in [0.15, 0.2) is 0 Å². The lowest BCUT2D eigenvalue weighted by molar-refractivity contribution is -0.966. The van der Waals surface area contributed by atoms with Crippen LogP contribution in [0.5, 0.6) is 5.75 Å². The molecule has 0 unspecified atom stereocenters. The van der Waals surface area contributed by atoms with Crippen molar-refractivity contribution in [3.63, 3.8) is 0 Å². The summed E-state index contributed by atoms with van der Waals surface area (Å²) < 4.78 is 39.1. The lowest BCUT2D eigenvalue weighted by atomic mass is 10.1. The van der Waals surface area contributed by atoms with Gasteiger partial charge in [0, 0.05) is 18.8 Å². The van der Waals surface area contributed by atoms with Crippen molar-refractivity contribution in [1.29, 1.82) is 0 Å². The van der Waals surface area contributed by atoms with Crippen LogP contribution in [0.1, 0.15) is 25.3 Å². The van der Waals surface area contributed by atoms with E-state index in [2.05, 4.69) is 5.43 Å². The molecule has 2 saturated heterocycles. The summed E-state index contributed by atoms with van der Waals surface area (Å²) in [4.78, 5) is 39.7. The van der Waals surface area contributed by atoms with Crippen molar-refractivity contribution in [2.45, 2.75) is 43.7 Å². The molecule has 0 aromatic heterocycles. The van der Waals surface area contributed by atoms with E-state index in [0.29, 0.717) is 45.8 Å². The summed E-state index contributed by atoms with van der Waals surface area (Å²) in [6.45, 7) is 6.27. The van der Waals surface area contributed by atoms with Gasteiger partial charge in [-0.15, -0.1) is 0 Å². The number of rotatable bonds is 10. The standard InChI is InChI=1S/C28H37N5O8S/c1-20-5-11-24(12-6-20)42(38,39)31-14-3-4-25(31)26(34)32(21(2)27(35)36)22-7-9-23(10-8-22)41-28(37)30-33(15-13-29)16-18-40-19-17-33/h5-12,21,25H,3-4,13-19,29H2,1-2H3,(H-,30,35,36,37)/p+1/t21-,25-/m0/s1. The van der Waals surface area contributed by atoms with Crippen LogP contribution in [0.4, 0.5) is 10.5 Å². The number of hydrogen-bond acceptors (Lipinski definition) is 8. The van der Waals surface area contributed by atoms with Gasteiger partial charge in [-0.1, -0.05) is 17.7 Å². The summed E-state index contributed by atoms with van der Waals surface area (Å²) in [5.74, 6) is -1.73. The van der Waals surface area contributed by atoms with Crippen LogP contribution >= 0.6 is 0 Å². The van der Waals surface area contributed by atoms with Crippen LogP contribution in [0.2, 0.25) is 0 Å². The maximum absolute atomic E-state index is 13.9. The minimum Gasteiger partial charge on any atom is -0.480 e. The zero-order chi connectivity index (χ0) is 30.5. The second-order valence-corrected chi connectivity index (χ2v) is 12.4. The van der Waals surface area contributed by atoms with Gasteiger partial charge in [0.05, 0.1) is 18.1 Å². The molecule has 228 valence electrons. The Morgan fingerprint density at radius 3 is 2.38 bits per heavy atom. The molecule has 2 amide bonds. The average molecular weight is 605 g/mol. The number of ether oxygens (including phenoxy) is 2. The topological polar surface area (TPSA) is 169 Å². The molecule has 14 heteroatoms. The Balaban J connectivity index is 1.53. The first-order valence-corrected chi connectivity index (χ1v) is 15.3. The summed E-state index contributed by atoms with van der Waals surface area (Å²) in [6, 6.07) is 9.82. The van der Waals surface area contributed by atoms with Gasteiger partial charge < -0.3 is 20.3 Å². The number of carbonyl (C=O) groups excluding carboxylic acids is 2. The molecule has 0 bridgehead atoms. The number of nitrogens with two attached hydrogens (primary N) is 1. The van der Waals surface area contributed by atoms with Crippen LogP contribution in [0.25, 0.3) is 0 Å². The van der Waals surface area contributed by atoms with E-state index in [1.807, 2.05) is 6.92 Å². The minimum absolute atomic E-state index is 0.0676. The number of anilines is 1. The number of benzene rings is 2. The zero-order valence-corrected chi connectivity index (χ0v) is 24.6. The Hall–Kier alpha value is -3.56. The number of aryl methyl sites for hydroxylation is 1. The predicted octanol–water partition coefficient (Wildman–Crippen LogP) is 1.46. The Morgan fingerprint density at radius 1 is 1.14 bits per heavy atom. The Morgan fingerprint density at radius 2 is 1.79 bits per heavy atom. The monoisotopic (exact) mass is 604 g/mol. The van der Waals surface area contributed by atoms with Crippen molar-refractivity contribution in [2.75, 3.05) is 50.8 Å². The molecule has 2 aromatic carbocycles. The number of amides is 2. The number of carboxylic acids is 1. The summed E-state index contributed by atoms with van der Waals surface area (Å²) >= 11 is 0. The number of quaternary nitrogens is 1. The zero-order valence-electron chi connectivity index (χ0n) is 23.8. The molecule has 0 spiro atoms. The Labute approximate surface area is 245 Å². The Kier molecular flexibility index (Phi) is 9.84. The van der Waals surface area contributed by atoms with Crippen LogP contribution in [0.3, 0.4) is 0 Å². The molecule has 4 N–H and O–H groups in total. The maximum atomic E-state index is 13.9. The highest BCUT2D eigenvalue weighted by Crippen LogP contribution is 2.30. The molecule has 2 aliphatic heterocycles. The molecule has 2 aromatic rings. The van der Waals surface area contributed by atoms with Gasteiger partial charge in [-0.25, -0.2) is 22.6 Å². The summed E-state index contributed by atoms with van der Waals surface area (Å²) in [5, 5.41) is 9.81. The van der Waals surface area contributed by atoms with Crippen molar-refractivity contribution in [1.82, 2.24) is 9.73 Å². The van der Waals surface area contributed by atoms with Gasteiger partial charge in [0.25, 0.3) is 0 Å². The van der Waals surface area contributed by atoms with Crippen molar-refractivity contribution < 1.29 is 42.0 Å². The third-order valence-corrected chi connectivity index (χ3v) is 9.56. The fourth-order valence-electron chi connectivity index (χ4n) is 5.26. The van der Waals surface area contributed by atoms with E-state index in [-0.39, 0.29) is 33.9 Å². The van der Waals surface area contributed by atoms with Gasteiger partial charge >= 0.3 is 12.1 Å². The smallest absolute Gasteiger partial charge is 0.457 e. The van der Waals surface area contributed by atoms with Gasteiger partial charge in [-0.3, -0.25) is 9.69 Å². The van der Waals surface area contributed by atoms with Crippen LogP contribution in [0, 0.1) is 6.92 Å². The molecule has 13 nitrogen and oxygen atoms in total. The largest absolute Gasteiger partial charge is 0.480 e. The number of morpholine rings is 1. The van der Waals surface area contributed by atoms with Crippen molar-refractivity contribution in [2.24, 2.45) is 5.73 Å². The lowest BCUT2D eigenvalue weighted by Gasteiger charge is -2.39. The molecular weight excluding hydrogens is 566 g/mol. The molecule has 0 aliphatic carbocycles. The van der Waals surface area contributed by atoms with E-state index >= 15 is 0 Å². The number of aliphatic carboxylic acids is 1. The van der Waals surface area contributed by atoms with Crippen molar-refractivity contribution in [3.05, 3.63) is 54.1 Å². The number of carbonyl (C=O) groups is 3. The third-order valence-electron chi connectivity index (χ3n) is 7.64. The SMILES string of the molecule is Cc1ccc(S(=O)(=O)N2CCC[C@H]2C(=O)N(c2ccc(OC(=O)N[N+]3(CCN)CCOCC3)cc2)[C@@H](C)C(=O)O)cc1. The molecule has 4 rings (SSSR count). The Bertz CT molecular complexity index is 1370. The fraction of sp³-hybridized carbons (Fsp3) is 0.464. The predicted molar refractivity (Wildman–Crippen MR) is 153 cm³/mol. The van der Waals surface area contributed by atoms with Gasteiger partial charge in [-0.05, 0) is 63.1 Å². The maximum Gasteiger partial charge on any atom is 0.457 e. The number of hydrogen-bond donors (Lipinski definition) is 3. The first kappa shape index (κ1) is 31.4. The molecule has 2 fully saturated rings. The number of nitrogens with one attached hydrogen (secondary N) is 1. The third kappa shape index (κ3) is 6.90. The molecule has 0 saturated carbocycles. The van der Waals surface area contributed by atoms with Crippen LogP contribution in [-0.2, 0) is 24.3 Å². The second kappa shape index (κ2) is 13.2. The van der Waals surface area contributed by atoms with Gasteiger partial charge in [-0.2, -0.15) is 9.73 Å². The van der Waals surface area contributed by atoms with Crippen molar-refractivity contribution in [3.8, 4) is 5.75 Å². The fourth-order valence-corrected chi connectivity index (χ4v) is 6.91. The van der Waals surface area contributed by atoms with E-state index in [4.69, 9.17) is 15.2 Å². The average Bonchev–Trinajstić information content (AvgIpc) is 3.46. The van der Waals surface area contributed by atoms with Crippen LogP contribution in [0.15, 0.2) is 53.4 Å². The molecule has 42 heavy (non-hydrogen) atoms. The highest BCUT2D eigenvalue weighted by molar-refractivity contribution is 7.89. The first-order valence-electron chi connectivity index (χ1n) is 13.9. The van der Waals surface area contributed by atoms with E-state index in [0.717, 1.165) is 14.8 Å². The van der Waals surface area contributed by atoms with E-state index in [1.54, 1.807) is 12.1 Å². The highest BCUT2D eigenvalue weighted by atomic mass is 32.2. The van der Waals surface area contributed by atoms with Gasteiger partial charge in [0.1, 0.15) is 37.5 Å². The van der Waals surface area contributed by atoms with E-state index in [1.165, 1.54) is 43.3 Å². The molecule has 2 aliphatic rings. The summed E-state index contributed by atoms with van der Waals surface area (Å²) in [7, 11) is -4.00. The lowest BCUT2D eigenvalue weighted by Crippen LogP contribution is -2.66. The number of nitrogens with zero attached hydrogens (tertiary/aromatic N) is 3. The summed E-state index contributed by atoms with van der Waals surface area (Å²) in [6.07, 6.45) is 0.0181. The summed E-state index contributed by atoms with van der Waals surface area (Å²) in [5.41, 5.74) is 9.72. The quantitative estimate of drug-likeness (QED) is 0.340. The minimum atomic E-state index is -4.00. The highest BCUT2D eigenvalue weighted by Gasteiger charge is 2.43. The van der Waals surface area contributed by atoms with E-state index in [9.17, 15) is 27.9 Å². The van der Waals surface area contributed by atoms with Gasteiger partial charge in [0.2, 0.25) is 15.9 Å². The van der Waals surface area contributed by atoms with E-state index < -0.39 is 40.1 Å². The normalized spacial score (nSPS) is 19.5. The molecular formula is C28H38N5O8S+. The van der Waals surface area contributed by atoms with Crippen LogP contribution < -0.4 is 20.8 Å². The molecule has 2 atom stereocenters. The molecule has 0 radical (unpaired) electrons. The molecule has 2 heterocycles.